The number of Topliss-reactive ketones (excluding diaryl/α,β-unsaturated/α-hetero) is 1. The number of rotatable bonds is 18. The molecule has 0 radical (unpaired) electrons. The van der Waals surface area contributed by atoms with Gasteiger partial charge in [-0.05, 0) is 118 Å². The number of cyclic esters (lactones) is 1. The van der Waals surface area contributed by atoms with Crippen LogP contribution >= 0.6 is 0 Å². The first kappa shape index (κ1) is 60.9. The van der Waals surface area contributed by atoms with Gasteiger partial charge in [0, 0.05) is 63.2 Å². The minimum absolute atomic E-state index is 0.0916. The zero-order chi connectivity index (χ0) is 53.2. The lowest BCUT2D eigenvalue weighted by molar-refractivity contribution is -0.318. The van der Waals surface area contributed by atoms with E-state index in [1.807, 2.05) is 62.0 Å². The third-order valence-electron chi connectivity index (χ3n) is 15.6. The van der Waals surface area contributed by atoms with Gasteiger partial charge in [-0.2, -0.15) is 0 Å². The Morgan fingerprint density at radius 1 is 0.901 bits per heavy atom. The predicted octanol–water partition coefficient (Wildman–Crippen LogP) is 4.31. The van der Waals surface area contributed by atoms with Gasteiger partial charge in [0.05, 0.1) is 41.5 Å². The van der Waals surface area contributed by atoms with Crippen molar-refractivity contribution >= 4 is 23.3 Å². The third-order valence-corrected chi connectivity index (χ3v) is 15.6. The number of nitrogens with zero attached hydrogens (tertiary/aromatic N) is 2. The summed E-state index contributed by atoms with van der Waals surface area (Å²) in [6.07, 6.45) is -5.53. The van der Waals surface area contributed by atoms with E-state index in [1.54, 1.807) is 48.5 Å². The van der Waals surface area contributed by atoms with Crippen LogP contribution in [0.4, 0.5) is 5.69 Å². The van der Waals surface area contributed by atoms with Crippen molar-refractivity contribution in [1.82, 2.24) is 9.80 Å². The molecule has 0 unspecified atom stereocenters. The lowest BCUT2D eigenvalue weighted by Gasteiger charge is -2.49. The molecule has 0 aromatic heterocycles. The smallest absolute Gasteiger partial charge is 0.311 e. The van der Waals surface area contributed by atoms with Gasteiger partial charge >= 0.3 is 5.97 Å². The first-order valence-electron chi connectivity index (χ1n) is 26.0. The van der Waals surface area contributed by atoms with Crippen LogP contribution in [0.2, 0.25) is 0 Å². The Hall–Kier alpha value is -2.69. The molecule has 4 rings (SSSR count). The van der Waals surface area contributed by atoms with E-state index >= 15 is 0 Å². The first-order valence-corrected chi connectivity index (χ1v) is 26.0. The molecule has 3 aliphatic heterocycles. The number of aliphatic hydroxyl groups excluding tert-OH is 4. The summed E-state index contributed by atoms with van der Waals surface area (Å²) < 4.78 is 38.2. The molecule has 18 nitrogen and oxygen atoms in total. The molecule has 3 heterocycles. The molecular formula is C53H91N3O15. The van der Waals surface area contributed by atoms with E-state index in [2.05, 4.69) is 5.32 Å². The number of nitrogens with one attached hydrogen (secondary N) is 1. The Morgan fingerprint density at radius 3 is 2.14 bits per heavy atom. The van der Waals surface area contributed by atoms with Crippen LogP contribution in [0.5, 0.6) is 0 Å². The number of unbranched alkanes of at least 4 members (excludes halogenated alkanes) is 3. The van der Waals surface area contributed by atoms with Crippen LogP contribution in [0.1, 0.15) is 139 Å². The van der Waals surface area contributed by atoms with Crippen molar-refractivity contribution in [3.63, 3.8) is 0 Å². The maximum absolute atomic E-state index is 14.5. The molecular weight excluding hydrogens is 919 g/mol. The molecule has 0 aliphatic carbocycles. The van der Waals surface area contributed by atoms with Crippen molar-refractivity contribution < 1.29 is 73.4 Å². The van der Waals surface area contributed by atoms with Crippen molar-refractivity contribution in [1.29, 1.82) is 0 Å². The van der Waals surface area contributed by atoms with Crippen LogP contribution in [0.3, 0.4) is 0 Å². The number of carbonyl (C=O) groups excluding carboxylic acids is 3. The molecule has 1 aromatic carbocycles. The lowest BCUT2D eigenvalue weighted by Crippen LogP contribution is -2.60. The highest BCUT2D eigenvalue weighted by Crippen LogP contribution is 2.40. The highest BCUT2D eigenvalue weighted by molar-refractivity contribution is 5.90. The SMILES string of the molecule is CC[C@H]1OC(=O)[C@H](C)[C@@H](O[C@H]2C[C@@](C)(OC)[C@@H](O)[C@H](C)O2)[C@H](C)[C@@H](O[C@@H]2O[C@H](C)C[C@H](N(C)Cc3ccc(NC(=O)CCCCCCC(=O)CO)cc3)[C@H]2O)[C@](C)(O)C[C@@H](C)CN(C)[C@H](C)[C@@H](O)[C@]1(C)O. The molecule has 18 atom stereocenters. The molecule has 0 bridgehead atoms. The van der Waals surface area contributed by atoms with Gasteiger partial charge in [-0.1, -0.05) is 45.7 Å². The number of anilines is 1. The van der Waals surface area contributed by atoms with Crippen molar-refractivity contribution in [2.45, 2.75) is 230 Å². The van der Waals surface area contributed by atoms with Crippen molar-refractivity contribution in [2.24, 2.45) is 17.8 Å². The number of hydrogen-bond donors (Lipinski definition) is 7. The highest BCUT2D eigenvalue weighted by Gasteiger charge is 2.53. The zero-order valence-corrected chi connectivity index (χ0v) is 44.9. The molecule has 1 amide bonds. The average Bonchev–Trinajstić information content (AvgIpc) is 3.31. The minimum Gasteiger partial charge on any atom is -0.459 e. The second-order valence-corrected chi connectivity index (χ2v) is 22.0. The van der Waals surface area contributed by atoms with Crippen LogP contribution in [0.15, 0.2) is 24.3 Å². The second-order valence-electron chi connectivity index (χ2n) is 22.0. The molecule has 7 N–H and O–H groups in total. The summed E-state index contributed by atoms with van der Waals surface area (Å²) in [5, 5.41) is 71.5. The average molecular weight is 1010 g/mol. The van der Waals surface area contributed by atoms with Crippen LogP contribution in [-0.4, -0.2) is 183 Å². The van der Waals surface area contributed by atoms with E-state index in [-0.39, 0.29) is 43.0 Å². The molecule has 3 saturated heterocycles. The van der Waals surface area contributed by atoms with E-state index in [4.69, 9.17) is 33.5 Å². The monoisotopic (exact) mass is 1010 g/mol. The number of amides is 1. The summed E-state index contributed by atoms with van der Waals surface area (Å²) in [5.74, 6) is -3.10. The van der Waals surface area contributed by atoms with E-state index in [9.17, 15) is 39.9 Å². The molecule has 71 heavy (non-hydrogen) atoms. The van der Waals surface area contributed by atoms with Crippen molar-refractivity contribution in [3.05, 3.63) is 29.8 Å². The highest BCUT2D eigenvalue weighted by atomic mass is 16.7. The summed E-state index contributed by atoms with van der Waals surface area (Å²) in [6.45, 7) is 17.9. The fourth-order valence-corrected chi connectivity index (χ4v) is 11.0. The number of esters is 1. The molecule has 1 aromatic rings. The fourth-order valence-electron chi connectivity index (χ4n) is 11.0. The fraction of sp³-hybridized carbons (Fsp3) is 0.830. The normalized spacial score (nSPS) is 39.3. The van der Waals surface area contributed by atoms with E-state index in [0.717, 1.165) is 18.4 Å². The van der Waals surface area contributed by atoms with E-state index in [0.29, 0.717) is 50.9 Å². The number of aliphatic hydroxyl groups is 6. The van der Waals surface area contributed by atoms with Gasteiger partial charge in [0.2, 0.25) is 5.91 Å². The van der Waals surface area contributed by atoms with Crippen LogP contribution < -0.4 is 5.32 Å². The van der Waals surface area contributed by atoms with Crippen molar-refractivity contribution in [3.8, 4) is 0 Å². The lowest BCUT2D eigenvalue weighted by atomic mass is 9.77. The number of likely N-dealkylation sites (N-methyl/N-ethyl adjacent to an activating group) is 2. The van der Waals surface area contributed by atoms with E-state index < -0.39 is 109 Å². The maximum Gasteiger partial charge on any atom is 0.311 e. The summed E-state index contributed by atoms with van der Waals surface area (Å²) in [5.41, 5.74) is -2.96. The van der Waals surface area contributed by atoms with Crippen LogP contribution in [-0.2, 0) is 49.3 Å². The molecule has 408 valence electrons. The molecule has 3 fully saturated rings. The summed E-state index contributed by atoms with van der Waals surface area (Å²) in [7, 11) is 5.23. The number of benzene rings is 1. The Kier molecular flexibility index (Phi) is 22.9. The predicted molar refractivity (Wildman–Crippen MR) is 267 cm³/mol. The Bertz CT molecular complexity index is 1820. The summed E-state index contributed by atoms with van der Waals surface area (Å²) in [4.78, 5) is 42.4. The minimum atomic E-state index is -1.84. The Balaban J connectivity index is 1.62. The summed E-state index contributed by atoms with van der Waals surface area (Å²) >= 11 is 0. The number of ketones is 1. The molecule has 3 aliphatic rings. The third kappa shape index (κ3) is 16.2. The van der Waals surface area contributed by atoms with Gasteiger partial charge in [-0.3, -0.25) is 19.3 Å². The molecule has 0 spiro atoms. The topological polar surface area (TPSA) is 246 Å². The number of hydrogen-bond acceptors (Lipinski definition) is 17. The Labute approximate surface area is 423 Å². The number of methoxy groups -OCH3 is 1. The molecule has 0 saturated carbocycles. The summed E-state index contributed by atoms with van der Waals surface area (Å²) in [6, 6.07) is 6.49. The van der Waals surface area contributed by atoms with Gasteiger partial charge in [-0.15, -0.1) is 0 Å². The quantitative estimate of drug-likeness (QED) is 0.0800. The van der Waals surface area contributed by atoms with Gasteiger partial charge in [0.25, 0.3) is 0 Å². The Morgan fingerprint density at radius 2 is 1.54 bits per heavy atom. The largest absolute Gasteiger partial charge is 0.459 e. The van der Waals surface area contributed by atoms with Crippen LogP contribution in [0, 0.1) is 17.8 Å². The number of carbonyl (C=O) groups is 3. The standard InChI is InChI=1S/C53H91N3O15/c1-14-41-53(10,65)46(61)35(6)55(11)28-31(2)26-51(8,64)48(33(4)45(34(5)49(63)69-41)70-43-27-52(9,66-13)47(62)36(7)68-43)71-50-44(60)40(25-32(3)67-50)56(12)29-37-21-23-38(24-22-37)54-42(59)20-18-16-15-17-19-39(58)30-57/h21-24,31-36,40-41,43-48,50,57,60-62,64-65H,14-20,25-30H2,1-13H3,(H,54,59)/t31-,32-,33+,34-,35-,36+,40+,41-,43+,44-,45+,46-,47+,48-,50+,51-,52-,53-/m1/s1. The number of ether oxygens (including phenoxy) is 6. The van der Waals surface area contributed by atoms with E-state index in [1.165, 1.54) is 14.0 Å². The first-order chi connectivity index (χ1) is 33.2. The van der Waals surface area contributed by atoms with Gasteiger partial charge in [-0.25, -0.2) is 0 Å². The van der Waals surface area contributed by atoms with Gasteiger partial charge < -0.3 is 69.3 Å². The second kappa shape index (κ2) is 26.7. The maximum atomic E-state index is 14.5. The van der Waals surface area contributed by atoms with Gasteiger partial charge in [0.15, 0.2) is 18.4 Å². The zero-order valence-electron chi connectivity index (χ0n) is 44.9. The van der Waals surface area contributed by atoms with Gasteiger partial charge in [0.1, 0.15) is 36.6 Å². The van der Waals surface area contributed by atoms with Crippen LogP contribution in [0.25, 0.3) is 0 Å². The molecule has 18 heteroatoms. The van der Waals surface area contributed by atoms with Crippen molar-refractivity contribution in [2.75, 3.05) is 39.7 Å².